The molecule has 0 aromatic heterocycles. The SMILES string of the molecule is CC(Oc1ccc(Br)cc1)C(=O)NCc1ccc(C(=O)N2CCN(C)CC2)cc1. The molecule has 1 aliphatic rings. The van der Waals surface area contributed by atoms with E-state index in [1.807, 2.05) is 53.4 Å². The predicted molar refractivity (Wildman–Crippen MR) is 116 cm³/mol. The first-order valence-electron chi connectivity index (χ1n) is 9.69. The highest BCUT2D eigenvalue weighted by atomic mass is 79.9. The monoisotopic (exact) mass is 459 g/mol. The second-order valence-electron chi connectivity index (χ2n) is 7.22. The van der Waals surface area contributed by atoms with E-state index in [1.165, 1.54) is 0 Å². The Morgan fingerprint density at radius 1 is 1.03 bits per heavy atom. The Morgan fingerprint density at radius 2 is 1.66 bits per heavy atom. The number of ether oxygens (including phenoxy) is 1. The molecular weight excluding hydrogens is 434 g/mol. The van der Waals surface area contributed by atoms with Gasteiger partial charge in [-0.15, -0.1) is 0 Å². The molecule has 2 aromatic rings. The van der Waals surface area contributed by atoms with Gasteiger partial charge >= 0.3 is 0 Å². The highest BCUT2D eigenvalue weighted by Gasteiger charge is 2.20. The van der Waals surface area contributed by atoms with Gasteiger partial charge in [0.15, 0.2) is 6.10 Å². The van der Waals surface area contributed by atoms with E-state index in [0.717, 1.165) is 36.2 Å². The number of nitrogens with zero attached hydrogens (tertiary/aromatic N) is 2. The third kappa shape index (κ3) is 6.05. The van der Waals surface area contributed by atoms with Crippen LogP contribution < -0.4 is 10.1 Å². The first-order valence-corrected chi connectivity index (χ1v) is 10.5. The summed E-state index contributed by atoms with van der Waals surface area (Å²) in [6.07, 6.45) is -0.603. The molecule has 0 saturated carbocycles. The minimum absolute atomic E-state index is 0.0604. The Balaban J connectivity index is 1.48. The molecule has 1 N–H and O–H groups in total. The lowest BCUT2D eigenvalue weighted by atomic mass is 10.1. The van der Waals surface area contributed by atoms with Gasteiger partial charge in [0.25, 0.3) is 11.8 Å². The van der Waals surface area contributed by atoms with Crippen LogP contribution in [0.4, 0.5) is 0 Å². The molecule has 2 aromatic carbocycles. The van der Waals surface area contributed by atoms with E-state index in [0.29, 0.717) is 17.9 Å². The highest BCUT2D eigenvalue weighted by Crippen LogP contribution is 2.17. The molecule has 3 rings (SSSR count). The summed E-state index contributed by atoms with van der Waals surface area (Å²) in [6, 6.07) is 14.8. The summed E-state index contributed by atoms with van der Waals surface area (Å²) in [7, 11) is 2.07. The Kier molecular flexibility index (Phi) is 7.28. The van der Waals surface area contributed by atoms with Crippen LogP contribution in [0.15, 0.2) is 53.0 Å². The zero-order valence-electron chi connectivity index (χ0n) is 16.7. The normalized spacial score (nSPS) is 15.6. The number of benzene rings is 2. The number of carbonyl (C=O) groups excluding carboxylic acids is 2. The summed E-state index contributed by atoms with van der Waals surface area (Å²) >= 11 is 3.37. The molecule has 1 saturated heterocycles. The average molecular weight is 460 g/mol. The lowest BCUT2D eigenvalue weighted by Gasteiger charge is -2.32. The zero-order valence-corrected chi connectivity index (χ0v) is 18.3. The lowest BCUT2D eigenvalue weighted by molar-refractivity contribution is -0.127. The molecule has 0 radical (unpaired) electrons. The fraction of sp³-hybridized carbons (Fsp3) is 0.364. The standard InChI is InChI=1S/C22H26BrN3O3/c1-16(29-20-9-7-19(23)8-10-20)21(27)24-15-17-3-5-18(6-4-17)22(28)26-13-11-25(2)12-14-26/h3-10,16H,11-15H2,1-2H3,(H,24,27). The van der Waals surface area contributed by atoms with Crippen molar-refractivity contribution in [3.63, 3.8) is 0 Å². The van der Waals surface area contributed by atoms with Crippen molar-refractivity contribution in [1.29, 1.82) is 0 Å². The Hall–Kier alpha value is -2.38. The smallest absolute Gasteiger partial charge is 0.261 e. The highest BCUT2D eigenvalue weighted by molar-refractivity contribution is 9.10. The lowest BCUT2D eigenvalue weighted by Crippen LogP contribution is -2.47. The van der Waals surface area contributed by atoms with Crippen molar-refractivity contribution in [1.82, 2.24) is 15.1 Å². The average Bonchev–Trinajstić information content (AvgIpc) is 2.74. The minimum Gasteiger partial charge on any atom is -0.481 e. The van der Waals surface area contributed by atoms with Crippen LogP contribution in [0.25, 0.3) is 0 Å². The van der Waals surface area contributed by atoms with Gasteiger partial charge < -0.3 is 19.9 Å². The van der Waals surface area contributed by atoms with E-state index in [4.69, 9.17) is 4.74 Å². The number of amides is 2. The number of piperazine rings is 1. The molecule has 1 heterocycles. The molecule has 2 amide bonds. The van der Waals surface area contributed by atoms with Crippen molar-refractivity contribution in [2.24, 2.45) is 0 Å². The van der Waals surface area contributed by atoms with Gasteiger partial charge in [-0.05, 0) is 55.9 Å². The molecular formula is C22H26BrN3O3. The predicted octanol–water partition coefficient (Wildman–Crippen LogP) is 2.92. The number of hydrogen-bond donors (Lipinski definition) is 1. The zero-order chi connectivity index (χ0) is 20.8. The molecule has 1 aliphatic heterocycles. The summed E-state index contributed by atoms with van der Waals surface area (Å²) < 4.78 is 6.61. The van der Waals surface area contributed by atoms with E-state index in [9.17, 15) is 9.59 Å². The minimum atomic E-state index is -0.603. The number of likely N-dealkylation sites (N-methyl/N-ethyl adjacent to an activating group) is 1. The second-order valence-corrected chi connectivity index (χ2v) is 8.14. The van der Waals surface area contributed by atoms with Crippen LogP contribution in [0.1, 0.15) is 22.8 Å². The van der Waals surface area contributed by atoms with Crippen LogP contribution in [0, 0.1) is 0 Å². The van der Waals surface area contributed by atoms with E-state index in [2.05, 4.69) is 33.2 Å². The molecule has 0 spiro atoms. The number of carbonyl (C=O) groups is 2. The molecule has 154 valence electrons. The Labute approximate surface area is 180 Å². The van der Waals surface area contributed by atoms with Crippen molar-refractivity contribution in [3.8, 4) is 5.75 Å². The van der Waals surface area contributed by atoms with Gasteiger partial charge in [0.1, 0.15) is 5.75 Å². The summed E-state index contributed by atoms with van der Waals surface area (Å²) in [6.45, 7) is 5.41. The van der Waals surface area contributed by atoms with E-state index in [1.54, 1.807) is 6.92 Å². The maximum absolute atomic E-state index is 12.6. The van der Waals surface area contributed by atoms with Crippen LogP contribution in [-0.4, -0.2) is 60.9 Å². The van der Waals surface area contributed by atoms with Crippen LogP contribution in [0.5, 0.6) is 5.75 Å². The quantitative estimate of drug-likeness (QED) is 0.721. The molecule has 7 heteroatoms. The van der Waals surface area contributed by atoms with E-state index in [-0.39, 0.29) is 11.8 Å². The van der Waals surface area contributed by atoms with Gasteiger partial charge in [-0.25, -0.2) is 0 Å². The number of halogens is 1. The van der Waals surface area contributed by atoms with E-state index < -0.39 is 6.10 Å². The Morgan fingerprint density at radius 3 is 2.28 bits per heavy atom. The molecule has 29 heavy (non-hydrogen) atoms. The van der Waals surface area contributed by atoms with Gasteiger partial charge in [-0.3, -0.25) is 9.59 Å². The molecule has 0 bridgehead atoms. The van der Waals surface area contributed by atoms with Crippen LogP contribution in [0.2, 0.25) is 0 Å². The summed E-state index contributed by atoms with van der Waals surface area (Å²) in [4.78, 5) is 29.0. The largest absolute Gasteiger partial charge is 0.481 e. The third-order valence-corrected chi connectivity index (χ3v) is 5.48. The maximum atomic E-state index is 12.6. The van der Waals surface area contributed by atoms with Crippen molar-refractivity contribution in [2.45, 2.75) is 19.6 Å². The molecule has 1 fully saturated rings. The first kappa shape index (κ1) is 21.3. The van der Waals surface area contributed by atoms with Gasteiger partial charge in [0.05, 0.1) is 0 Å². The first-order chi connectivity index (χ1) is 13.9. The van der Waals surface area contributed by atoms with Crippen molar-refractivity contribution in [3.05, 3.63) is 64.1 Å². The Bertz CT molecular complexity index is 831. The van der Waals surface area contributed by atoms with Crippen molar-refractivity contribution >= 4 is 27.7 Å². The molecule has 0 aliphatic carbocycles. The molecule has 1 atom stereocenters. The second kappa shape index (κ2) is 9.89. The van der Waals surface area contributed by atoms with Crippen LogP contribution in [-0.2, 0) is 11.3 Å². The van der Waals surface area contributed by atoms with Crippen LogP contribution in [0.3, 0.4) is 0 Å². The molecule has 6 nitrogen and oxygen atoms in total. The number of rotatable bonds is 6. The maximum Gasteiger partial charge on any atom is 0.261 e. The van der Waals surface area contributed by atoms with Crippen LogP contribution >= 0.6 is 15.9 Å². The number of nitrogens with one attached hydrogen (secondary N) is 1. The van der Waals surface area contributed by atoms with Gasteiger partial charge in [0.2, 0.25) is 0 Å². The van der Waals surface area contributed by atoms with E-state index >= 15 is 0 Å². The summed E-state index contributed by atoms with van der Waals surface area (Å²) in [5.74, 6) is 0.512. The third-order valence-electron chi connectivity index (χ3n) is 4.95. The van der Waals surface area contributed by atoms with Crippen molar-refractivity contribution in [2.75, 3.05) is 33.2 Å². The fourth-order valence-electron chi connectivity index (χ4n) is 3.06. The number of hydrogen-bond acceptors (Lipinski definition) is 4. The fourth-order valence-corrected chi connectivity index (χ4v) is 3.33. The molecule has 1 unspecified atom stereocenters. The summed E-state index contributed by atoms with van der Waals surface area (Å²) in [5, 5.41) is 2.87. The van der Waals surface area contributed by atoms with Gasteiger partial charge in [-0.1, -0.05) is 28.1 Å². The van der Waals surface area contributed by atoms with Gasteiger partial charge in [-0.2, -0.15) is 0 Å². The van der Waals surface area contributed by atoms with Crippen molar-refractivity contribution < 1.29 is 14.3 Å². The summed E-state index contributed by atoms with van der Waals surface area (Å²) in [5.41, 5.74) is 1.61. The topological polar surface area (TPSA) is 61.9 Å². The van der Waals surface area contributed by atoms with Gasteiger partial charge in [0, 0.05) is 42.8 Å².